The van der Waals surface area contributed by atoms with Gasteiger partial charge >= 0.3 is 0 Å². The lowest BCUT2D eigenvalue weighted by Gasteiger charge is -2.33. The van der Waals surface area contributed by atoms with Gasteiger partial charge in [-0.2, -0.15) is 0 Å². The van der Waals surface area contributed by atoms with Crippen LogP contribution in [0.15, 0.2) is 0 Å². The molecule has 0 spiro atoms. The van der Waals surface area contributed by atoms with Crippen LogP contribution < -0.4 is 5.32 Å². The highest BCUT2D eigenvalue weighted by atomic mass is 16.5. The molecule has 16 heavy (non-hydrogen) atoms. The second-order valence-electron chi connectivity index (χ2n) is 5.35. The minimum absolute atomic E-state index is 0.366. The molecule has 0 aromatic carbocycles. The Hall–Kier alpha value is -0.120. The van der Waals surface area contributed by atoms with Crippen molar-refractivity contribution in [2.24, 2.45) is 5.92 Å². The zero-order valence-corrected chi connectivity index (χ0v) is 11.3. The van der Waals surface area contributed by atoms with Crippen LogP contribution in [0.5, 0.6) is 0 Å². The lowest BCUT2D eigenvalue weighted by atomic mass is 9.96. The summed E-state index contributed by atoms with van der Waals surface area (Å²) in [6.45, 7) is 11.3. The van der Waals surface area contributed by atoms with Crippen molar-refractivity contribution in [2.75, 3.05) is 33.3 Å². The first kappa shape index (κ1) is 13.9. The predicted molar refractivity (Wildman–Crippen MR) is 68.8 cm³/mol. The number of nitrogens with one attached hydrogen (secondary N) is 1. The molecule has 0 bridgehead atoms. The molecule has 0 aromatic heterocycles. The molecule has 1 N–H and O–H groups in total. The molecule has 1 atom stereocenters. The van der Waals surface area contributed by atoms with Crippen molar-refractivity contribution in [1.29, 1.82) is 0 Å². The van der Waals surface area contributed by atoms with Crippen LogP contribution in [0.1, 0.15) is 33.6 Å². The Bertz CT molecular complexity index is 177. The van der Waals surface area contributed by atoms with Gasteiger partial charge in [0.15, 0.2) is 0 Å². The molecule has 96 valence electrons. The van der Waals surface area contributed by atoms with E-state index in [1.807, 2.05) is 0 Å². The van der Waals surface area contributed by atoms with Gasteiger partial charge in [-0.3, -0.25) is 0 Å². The molecule has 0 saturated carbocycles. The smallest absolute Gasteiger partial charge is 0.0670 e. The Kier molecular flexibility index (Phi) is 6.32. The molecule has 3 nitrogen and oxygen atoms in total. The molecular formula is C13H28N2O. The van der Waals surface area contributed by atoms with E-state index in [9.17, 15) is 0 Å². The van der Waals surface area contributed by atoms with Gasteiger partial charge < -0.3 is 15.0 Å². The summed E-state index contributed by atoms with van der Waals surface area (Å²) in [5.41, 5.74) is 0. The van der Waals surface area contributed by atoms with E-state index in [1.54, 1.807) is 7.11 Å². The lowest BCUT2D eigenvalue weighted by molar-refractivity contribution is 0.0625. The van der Waals surface area contributed by atoms with Crippen LogP contribution in [-0.2, 0) is 4.74 Å². The maximum Gasteiger partial charge on any atom is 0.0670 e. The summed E-state index contributed by atoms with van der Waals surface area (Å²) < 4.78 is 5.30. The van der Waals surface area contributed by atoms with E-state index >= 15 is 0 Å². The first-order valence-electron chi connectivity index (χ1n) is 6.60. The molecule has 1 rings (SSSR count). The summed E-state index contributed by atoms with van der Waals surface area (Å²) in [6.07, 6.45) is 3.03. The van der Waals surface area contributed by atoms with Crippen molar-refractivity contribution < 1.29 is 4.74 Å². The van der Waals surface area contributed by atoms with Gasteiger partial charge in [-0.15, -0.1) is 0 Å². The van der Waals surface area contributed by atoms with Gasteiger partial charge in [-0.25, -0.2) is 0 Å². The van der Waals surface area contributed by atoms with E-state index in [-0.39, 0.29) is 0 Å². The number of methoxy groups -OCH3 is 1. The highest BCUT2D eigenvalue weighted by Gasteiger charge is 2.20. The largest absolute Gasteiger partial charge is 0.380 e. The number of hydrogen-bond acceptors (Lipinski definition) is 3. The van der Waals surface area contributed by atoms with Crippen molar-refractivity contribution in [3.05, 3.63) is 0 Å². The standard InChI is InChI=1S/C13H28N2O/c1-11(2)14-9-13-5-7-15(8-6-13)10-12(3)16-4/h11-14H,5-10H2,1-4H3. The van der Waals surface area contributed by atoms with Gasteiger partial charge in [-0.1, -0.05) is 13.8 Å². The Balaban J connectivity index is 2.13. The number of piperidine rings is 1. The molecule has 1 heterocycles. The third-order valence-electron chi connectivity index (χ3n) is 3.44. The van der Waals surface area contributed by atoms with Crippen LogP contribution in [0.2, 0.25) is 0 Å². The van der Waals surface area contributed by atoms with Gasteiger partial charge in [0.25, 0.3) is 0 Å². The van der Waals surface area contributed by atoms with Crippen LogP contribution in [0.25, 0.3) is 0 Å². The van der Waals surface area contributed by atoms with Crippen LogP contribution in [0.3, 0.4) is 0 Å². The Morgan fingerprint density at radius 1 is 1.25 bits per heavy atom. The SMILES string of the molecule is COC(C)CN1CCC(CNC(C)C)CC1. The number of likely N-dealkylation sites (tertiary alicyclic amines) is 1. The Morgan fingerprint density at radius 2 is 1.88 bits per heavy atom. The zero-order chi connectivity index (χ0) is 12.0. The van der Waals surface area contributed by atoms with Crippen LogP contribution in [0, 0.1) is 5.92 Å². The van der Waals surface area contributed by atoms with E-state index in [4.69, 9.17) is 4.74 Å². The quantitative estimate of drug-likeness (QED) is 0.749. The van der Waals surface area contributed by atoms with Gasteiger partial charge in [0.05, 0.1) is 6.10 Å². The van der Waals surface area contributed by atoms with Gasteiger partial charge in [0, 0.05) is 19.7 Å². The molecule has 0 amide bonds. The molecule has 0 radical (unpaired) electrons. The maximum atomic E-state index is 5.30. The van der Waals surface area contributed by atoms with Gasteiger partial charge in [-0.05, 0) is 45.3 Å². The molecule has 1 saturated heterocycles. The molecule has 0 aliphatic carbocycles. The Labute approximate surface area is 101 Å². The summed E-state index contributed by atoms with van der Waals surface area (Å²) >= 11 is 0. The summed E-state index contributed by atoms with van der Waals surface area (Å²) in [5, 5.41) is 3.54. The van der Waals surface area contributed by atoms with Crippen LogP contribution >= 0.6 is 0 Å². The Morgan fingerprint density at radius 3 is 2.38 bits per heavy atom. The number of rotatable bonds is 6. The average molecular weight is 228 g/mol. The third-order valence-corrected chi connectivity index (χ3v) is 3.44. The topological polar surface area (TPSA) is 24.5 Å². The minimum atomic E-state index is 0.366. The van der Waals surface area contributed by atoms with Crippen molar-refractivity contribution in [3.63, 3.8) is 0 Å². The molecule has 3 heteroatoms. The van der Waals surface area contributed by atoms with Crippen molar-refractivity contribution in [2.45, 2.75) is 45.8 Å². The second kappa shape index (κ2) is 7.25. The number of hydrogen-bond donors (Lipinski definition) is 1. The van der Waals surface area contributed by atoms with Crippen LogP contribution in [0.4, 0.5) is 0 Å². The molecule has 1 unspecified atom stereocenters. The third kappa shape index (κ3) is 5.28. The fraction of sp³-hybridized carbons (Fsp3) is 1.00. The fourth-order valence-corrected chi connectivity index (χ4v) is 2.21. The first-order chi connectivity index (χ1) is 7.61. The normalized spacial score (nSPS) is 21.6. The highest BCUT2D eigenvalue weighted by Crippen LogP contribution is 2.16. The second-order valence-corrected chi connectivity index (χ2v) is 5.35. The molecule has 1 aliphatic rings. The monoisotopic (exact) mass is 228 g/mol. The summed E-state index contributed by atoms with van der Waals surface area (Å²) in [6, 6.07) is 0.617. The van der Waals surface area contributed by atoms with E-state index in [1.165, 1.54) is 32.5 Å². The van der Waals surface area contributed by atoms with Gasteiger partial charge in [0.1, 0.15) is 0 Å². The highest BCUT2D eigenvalue weighted by molar-refractivity contribution is 4.75. The average Bonchev–Trinajstić information content (AvgIpc) is 2.28. The summed E-state index contributed by atoms with van der Waals surface area (Å²) in [5.74, 6) is 0.872. The van der Waals surface area contributed by atoms with Crippen molar-refractivity contribution in [3.8, 4) is 0 Å². The summed E-state index contributed by atoms with van der Waals surface area (Å²) in [7, 11) is 1.80. The molecular weight excluding hydrogens is 200 g/mol. The molecule has 1 aliphatic heterocycles. The van der Waals surface area contributed by atoms with Crippen molar-refractivity contribution in [1.82, 2.24) is 10.2 Å². The summed E-state index contributed by atoms with van der Waals surface area (Å²) in [4.78, 5) is 2.53. The van der Waals surface area contributed by atoms with Gasteiger partial charge in [0.2, 0.25) is 0 Å². The van der Waals surface area contributed by atoms with Crippen molar-refractivity contribution >= 4 is 0 Å². The van der Waals surface area contributed by atoms with E-state index in [2.05, 4.69) is 31.0 Å². The molecule has 1 fully saturated rings. The van der Waals surface area contributed by atoms with Crippen LogP contribution in [-0.4, -0.2) is 50.3 Å². The zero-order valence-electron chi connectivity index (χ0n) is 11.3. The number of nitrogens with zero attached hydrogens (tertiary/aromatic N) is 1. The maximum absolute atomic E-state index is 5.30. The predicted octanol–water partition coefficient (Wildman–Crippen LogP) is 1.73. The number of ether oxygens (including phenoxy) is 1. The van der Waals surface area contributed by atoms with E-state index in [0.717, 1.165) is 12.5 Å². The lowest BCUT2D eigenvalue weighted by Crippen LogP contribution is -2.41. The first-order valence-corrected chi connectivity index (χ1v) is 6.60. The minimum Gasteiger partial charge on any atom is -0.380 e. The van der Waals surface area contributed by atoms with E-state index in [0.29, 0.717) is 12.1 Å². The fourth-order valence-electron chi connectivity index (χ4n) is 2.21. The van der Waals surface area contributed by atoms with E-state index < -0.39 is 0 Å². The molecule has 0 aromatic rings.